The van der Waals surface area contributed by atoms with Crippen molar-refractivity contribution in [3.63, 3.8) is 0 Å². The van der Waals surface area contributed by atoms with Gasteiger partial charge in [0.1, 0.15) is 23.6 Å². The number of hydrogen-bond acceptors (Lipinski definition) is 10. The smallest absolute Gasteiger partial charge is 0.258 e. The van der Waals surface area contributed by atoms with Crippen molar-refractivity contribution in [2.75, 3.05) is 27.7 Å². The first-order valence-electron chi connectivity index (χ1n) is 21.6. The van der Waals surface area contributed by atoms with Crippen LogP contribution in [0, 0.1) is 0 Å². The highest BCUT2D eigenvalue weighted by molar-refractivity contribution is 6.00. The third kappa shape index (κ3) is 10.6. The van der Waals surface area contributed by atoms with E-state index in [-0.39, 0.29) is 61.5 Å². The van der Waals surface area contributed by atoms with Crippen LogP contribution in [0.15, 0.2) is 109 Å². The number of benzene rings is 4. The normalized spacial score (nSPS) is 24.7. The average Bonchev–Trinajstić information content (AvgIpc) is 3.99. The molecular formula is C50H56N4O10. The number of nitrogens with zero attached hydrogens (tertiary/aromatic N) is 2. The summed E-state index contributed by atoms with van der Waals surface area (Å²) in [5.74, 6) is 2.77. The molecule has 2 N–H and O–H groups in total. The fraction of sp³-hybridized carbons (Fsp3) is 0.360. The Bertz CT molecular complexity index is 2230. The predicted octanol–water partition coefficient (Wildman–Crippen LogP) is 7.70. The van der Waals surface area contributed by atoms with Gasteiger partial charge in [0.15, 0.2) is 23.0 Å². The average molecular weight is 873 g/mol. The van der Waals surface area contributed by atoms with E-state index in [2.05, 4.69) is 10.6 Å². The van der Waals surface area contributed by atoms with E-state index in [0.29, 0.717) is 71.3 Å². The van der Waals surface area contributed by atoms with Gasteiger partial charge >= 0.3 is 0 Å². The molecule has 336 valence electrons. The maximum absolute atomic E-state index is 13.2. The van der Waals surface area contributed by atoms with E-state index in [4.69, 9.17) is 28.4 Å². The molecule has 0 radical (unpaired) electrons. The molecular weight excluding hydrogens is 817 g/mol. The third-order valence-corrected chi connectivity index (χ3v) is 11.7. The van der Waals surface area contributed by atoms with Gasteiger partial charge in [0.25, 0.3) is 11.8 Å². The van der Waals surface area contributed by atoms with Gasteiger partial charge in [0.2, 0.25) is 25.4 Å². The van der Waals surface area contributed by atoms with Crippen LogP contribution in [0.5, 0.6) is 34.5 Å². The minimum absolute atomic E-state index is 0.107. The van der Waals surface area contributed by atoms with E-state index < -0.39 is 12.1 Å². The second-order valence-electron chi connectivity index (χ2n) is 16.3. The number of hydrogen-bond donors (Lipinski definition) is 2. The molecule has 4 amide bonds. The molecule has 0 unspecified atom stereocenters. The lowest BCUT2D eigenvalue weighted by molar-refractivity contribution is -0.126. The highest BCUT2D eigenvalue weighted by Crippen LogP contribution is 2.37. The Morgan fingerprint density at radius 3 is 1.27 bits per heavy atom. The van der Waals surface area contributed by atoms with E-state index in [1.165, 1.54) is 9.80 Å². The number of rotatable bonds is 2. The molecule has 64 heavy (non-hydrogen) atoms. The van der Waals surface area contributed by atoms with Crippen LogP contribution in [0.2, 0.25) is 0 Å². The van der Waals surface area contributed by atoms with Gasteiger partial charge < -0.3 is 48.9 Å². The lowest BCUT2D eigenvalue weighted by Crippen LogP contribution is -2.47. The van der Waals surface area contributed by atoms with Gasteiger partial charge in [-0.1, -0.05) is 60.7 Å². The van der Waals surface area contributed by atoms with Gasteiger partial charge in [0.05, 0.1) is 35.4 Å². The first kappa shape index (κ1) is 45.1. The summed E-state index contributed by atoms with van der Waals surface area (Å²) in [4.78, 5) is 55.4. The van der Waals surface area contributed by atoms with Crippen molar-refractivity contribution >= 4 is 23.6 Å². The zero-order valence-corrected chi connectivity index (χ0v) is 37.1. The molecule has 0 fully saturated rings. The van der Waals surface area contributed by atoms with Crippen molar-refractivity contribution in [3.05, 3.63) is 131 Å². The summed E-state index contributed by atoms with van der Waals surface area (Å²) in [6.45, 7) is 7.77. The molecule has 8 rings (SSSR count). The second-order valence-corrected chi connectivity index (χ2v) is 16.3. The summed E-state index contributed by atoms with van der Waals surface area (Å²) >= 11 is 0. The molecule has 0 bridgehead atoms. The Balaban J connectivity index is 0.000000191. The molecule has 0 aromatic heterocycles. The lowest BCUT2D eigenvalue weighted by atomic mass is 10.0. The van der Waals surface area contributed by atoms with Gasteiger partial charge in [-0.05, 0) is 100 Å². The number of fused-ring (bicyclic) bond motifs is 4. The van der Waals surface area contributed by atoms with Crippen LogP contribution in [-0.4, -0.2) is 85.4 Å². The van der Waals surface area contributed by atoms with E-state index in [0.717, 1.165) is 11.1 Å². The highest BCUT2D eigenvalue weighted by Gasteiger charge is 2.30. The van der Waals surface area contributed by atoms with Crippen LogP contribution in [0.3, 0.4) is 0 Å². The fourth-order valence-corrected chi connectivity index (χ4v) is 7.55. The summed E-state index contributed by atoms with van der Waals surface area (Å²) in [6, 6.07) is 23.7. The third-order valence-electron chi connectivity index (χ3n) is 11.7. The van der Waals surface area contributed by atoms with Gasteiger partial charge in [-0.15, -0.1) is 0 Å². The Labute approximate surface area is 374 Å². The summed E-state index contributed by atoms with van der Waals surface area (Å²) in [5, 5.41) is 6.21. The Kier molecular flexibility index (Phi) is 14.4. The van der Waals surface area contributed by atoms with Gasteiger partial charge in [0, 0.05) is 26.9 Å². The largest absolute Gasteiger partial charge is 0.490 e. The molecule has 0 saturated heterocycles. The van der Waals surface area contributed by atoms with Crippen LogP contribution < -0.4 is 39.1 Å². The van der Waals surface area contributed by atoms with Crippen molar-refractivity contribution in [2.45, 2.75) is 89.8 Å². The molecule has 4 aliphatic rings. The number of carbonyl (C=O) groups excluding carboxylic acids is 4. The molecule has 0 aliphatic carbocycles. The molecule has 14 heteroatoms. The molecule has 4 aromatic rings. The van der Waals surface area contributed by atoms with Crippen molar-refractivity contribution in [2.24, 2.45) is 0 Å². The standard InChI is InChI=1S/2C25H28N2O5/c2*1-16-8-4-6-10-20(18-12-13-22-23(14-18)31-15-30-22)26-24(28)17(2)27(3)25(29)19-9-5-7-11-21(19)32-16/h2*4-7,9,11-14,16-17,20H,8,10,15H2,1-3H3,(H,26,28)/b6-4+;6-4-/t2*16-,17+,20+/m11/s1. The van der Waals surface area contributed by atoms with E-state index in [9.17, 15) is 19.2 Å². The highest BCUT2D eigenvalue weighted by atomic mass is 16.7. The number of para-hydroxylation sites is 2. The first-order valence-corrected chi connectivity index (χ1v) is 21.6. The lowest BCUT2D eigenvalue weighted by Gasteiger charge is -2.28. The zero-order valence-electron chi connectivity index (χ0n) is 37.1. The molecule has 4 heterocycles. The fourth-order valence-electron chi connectivity index (χ4n) is 7.55. The zero-order chi connectivity index (χ0) is 45.3. The summed E-state index contributed by atoms with van der Waals surface area (Å²) in [7, 11) is 3.27. The number of ether oxygens (including phenoxy) is 6. The van der Waals surface area contributed by atoms with Gasteiger partial charge in [-0.25, -0.2) is 0 Å². The SMILES string of the molecule is C[C@@H]1C/C=C/C[C@@H](c2ccc3c(c2)OCO3)NC(=O)[C@H](C)N(C)C(=O)c2ccccc2O1.C[C@@H]1C/C=C\C[C@@H](c2ccc3c(c2)OCO3)NC(=O)[C@H](C)N(C)C(=O)c2ccccc2O1. The van der Waals surface area contributed by atoms with E-state index >= 15 is 0 Å². The monoisotopic (exact) mass is 872 g/mol. The molecule has 0 saturated carbocycles. The Morgan fingerprint density at radius 1 is 0.469 bits per heavy atom. The van der Waals surface area contributed by atoms with Crippen molar-refractivity contribution in [1.29, 1.82) is 0 Å². The van der Waals surface area contributed by atoms with Crippen LogP contribution in [0.4, 0.5) is 0 Å². The van der Waals surface area contributed by atoms with Crippen LogP contribution in [0.1, 0.15) is 97.3 Å². The van der Waals surface area contributed by atoms with Gasteiger partial charge in [-0.3, -0.25) is 19.2 Å². The van der Waals surface area contributed by atoms with Crippen LogP contribution in [-0.2, 0) is 9.59 Å². The van der Waals surface area contributed by atoms with Crippen LogP contribution in [0.25, 0.3) is 0 Å². The van der Waals surface area contributed by atoms with Crippen molar-refractivity contribution in [3.8, 4) is 34.5 Å². The van der Waals surface area contributed by atoms with Crippen molar-refractivity contribution < 1.29 is 47.6 Å². The minimum atomic E-state index is -0.670. The summed E-state index contributed by atoms with van der Waals surface area (Å²) in [6.07, 6.45) is 10.5. The van der Waals surface area contributed by atoms with Crippen molar-refractivity contribution in [1.82, 2.24) is 20.4 Å². The first-order chi connectivity index (χ1) is 30.9. The quantitative estimate of drug-likeness (QED) is 0.192. The topological polar surface area (TPSA) is 154 Å². The predicted molar refractivity (Wildman–Crippen MR) is 240 cm³/mol. The molecule has 6 atom stereocenters. The second kappa shape index (κ2) is 20.5. The number of nitrogens with one attached hydrogen (secondary N) is 2. The maximum Gasteiger partial charge on any atom is 0.258 e. The van der Waals surface area contributed by atoms with E-state index in [1.807, 2.05) is 86.7 Å². The number of amides is 4. The molecule has 0 spiro atoms. The minimum Gasteiger partial charge on any atom is -0.490 e. The summed E-state index contributed by atoms with van der Waals surface area (Å²) in [5.41, 5.74) is 2.70. The molecule has 4 aromatic carbocycles. The number of carbonyl (C=O) groups is 4. The Morgan fingerprint density at radius 2 is 0.844 bits per heavy atom. The Hall–Kier alpha value is -6.96. The summed E-state index contributed by atoms with van der Waals surface area (Å²) < 4.78 is 33.9. The van der Waals surface area contributed by atoms with E-state index in [1.54, 1.807) is 64.3 Å². The number of likely N-dealkylation sites (N-methyl/N-ethyl adjacent to an activating group) is 2. The van der Waals surface area contributed by atoms with Gasteiger partial charge in [-0.2, -0.15) is 0 Å². The van der Waals surface area contributed by atoms with Crippen LogP contribution >= 0.6 is 0 Å². The maximum atomic E-state index is 13.2. The molecule has 14 nitrogen and oxygen atoms in total. The molecule has 4 aliphatic heterocycles.